The van der Waals surface area contributed by atoms with Gasteiger partial charge in [-0.25, -0.2) is 0 Å². The van der Waals surface area contributed by atoms with Crippen LogP contribution in [0.4, 0.5) is 0 Å². The van der Waals surface area contributed by atoms with Crippen molar-refractivity contribution in [1.82, 2.24) is 14.8 Å². The number of nitrogens with two attached hydrogens (primary N) is 1. The van der Waals surface area contributed by atoms with Crippen LogP contribution < -0.4 is 5.73 Å². The van der Waals surface area contributed by atoms with Gasteiger partial charge in [-0.05, 0) is 48.2 Å². The number of primary amides is 1. The van der Waals surface area contributed by atoms with Crippen LogP contribution in [-0.2, 0) is 27.3 Å². The number of rotatable bonds is 9. The highest BCUT2D eigenvalue weighted by Gasteiger charge is 2.43. The van der Waals surface area contributed by atoms with E-state index in [-0.39, 0.29) is 43.1 Å². The van der Waals surface area contributed by atoms with Crippen LogP contribution >= 0.6 is 0 Å². The first-order chi connectivity index (χ1) is 18.5. The van der Waals surface area contributed by atoms with Crippen molar-refractivity contribution >= 4 is 31.7 Å². The number of carbonyl (C=O) groups is 4. The number of benzene rings is 1. The molecule has 0 spiro atoms. The van der Waals surface area contributed by atoms with Gasteiger partial charge in [0.1, 0.15) is 18.5 Å². The predicted octanol–water partition coefficient (Wildman–Crippen LogP) is 2.95. The number of pyridine rings is 1. The highest BCUT2D eigenvalue weighted by atomic mass is 28.3. The number of piperidine rings is 1. The maximum absolute atomic E-state index is 13.3. The largest absolute Gasteiger partial charge is 0.364 e. The molecule has 2 aliphatic heterocycles. The first-order valence-corrected chi connectivity index (χ1v) is 16.8. The van der Waals surface area contributed by atoms with Crippen molar-refractivity contribution in [2.45, 2.75) is 64.0 Å². The molecule has 1 fully saturated rings. The van der Waals surface area contributed by atoms with Crippen molar-refractivity contribution < 1.29 is 23.9 Å². The second-order valence-corrected chi connectivity index (χ2v) is 16.7. The Morgan fingerprint density at radius 3 is 2.67 bits per heavy atom. The Hall–Kier alpha value is -3.81. The second kappa shape index (κ2) is 11.9. The Bertz CT molecular complexity index is 1340. The molecule has 1 atom stereocenters. The fourth-order valence-corrected chi connectivity index (χ4v) is 5.34. The van der Waals surface area contributed by atoms with Gasteiger partial charge in [0.05, 0.1) is 0 Å². The van der Waals surface area contributed by atoms with Crippen LogP contribution in [0.3, 0.4) is 0 Å². The zero-order chi connectivity index (χ0) is 28.2. The molecule has 204 valence electrons. The first-order valence-electron chi connectivity index (χ1n) is 13.1. The van der Waals surface area contributed by atoms with Crippen molar-refractivity contribution in [2.24, 2.45) is 5.73 Å². The lowest BCUT2D eigenvalue weighted by molar-refractivity contribution is -0.158. The van der Waals surface area contributed by atoms with Gasteiger partial charge in [0.25, 0.3) is 17.7 Å². The maximum atomic E-state index is 13.3. The van der Waals surface area contributed by atoms with E-state index in [9.17, 15) is 19.2 Å². The number of carbonyl (C=O) groups excluding carboxylic acids is 4. The lowest BCUT2D eigenvalue weighted by Gasteiger charge is -2.35. The minimum atomic E-state index is -1.29. The summed E-state index contributed by atoms with van der Waals surface area (Å²) in [6.45, 7) is 7.41. The fraction of sp³-hybridized carbons (Fsp3) is 0.414. The van der Waals surface area contributed by atoms with E-state index in [2.05, 4.69) is 36.5 Å². The van der Waals surface area contributed by atoms with Crippen LogP contribution in [0.25, 0.3) is 0 Å². The third kappa shape index (κ3) is 6.80. The molecule has 4 rings (SSSR count). The number of nitrogens with zero attached hydrogens (tertiary/aromatic N) is 3. The van der Waals surface area contributed by atoms with Gasteiger partial charge in [-0.3, -0.25) is 29.1 Å². The molecule has 2 aromatic rings. The standard InChI is InChI=1S/C29H34N4O5Si/c1-39(2,3)16-15-38-19-33-26(34)14-13-25(29(33)37)32-18-23-21(9-6-10-22(23)28(32)36)8-5-4-7-20-11-12-24(27(30)35)31-17-20/h6,9-12,17,25H,4,7,13-16,18-19H2,1-3H3,(H2,30,35). The molecule has 2 aliphatic rings. The fourth-order valence-electron chi connectivity index (χ4n) is 4.59. The summed E-state index contributed by atoms with van der Waals surface area (Å²) in [6.07, 6.45) is 3.32. The molecule has 1 unspecified atom stereocenters. The van der Waals surface area contributed by atoms with Crippen molar-refractivity contribution in [3.05, 3.63) is 64.5 Å². The van der Waals surface area contributed by atoms with Crippen molar-refractivity contribution in [1.29, 1.82) is 0 Å². The number of fused-ring (bicyclic) bond motifs is 1. The average molecular weight is 547 g/mol. The van der Waals surface area contributed by atoms with Gasteiger partial charge in [0.2, 0.25) is 5.91 Å². The summed E-state index contributed by atoms with van der Waals surface area (Å²) in [7, 11) is -1.29. The Morgan fingerprint density at radius 1 is 1.18 bits per heavy atom. The number of aryl methyl sites for hydroxylation is 1. The van der Waals surface area contributed by atoms with E-state index in [1.807, 2.05) is 6.07 Å². The minimum Gasteiger partial charge on any atom is -0.364 e. The van der Waals surface area contributed by atoms with Gasteiger partial charge < -0.3 is 15.4 Å². The lowest BCUT2D eigenvalue weighted by atomic mass is 10.0. The van der Waals surface area contributed by atoms with E-state index in [0.29, 0.717) is 31.4 Å². The summed E-state index contributed by atoms with van der Waals surface area (Å²) in [5, 5.41) is 0. The summed E-state index contributed by atoms with van der Waals surface area (Å²) in [4.78, 5) is 57.0. The molecule has 1 saturated heterocycles. The summed E-state index contributed by atoms with van der Waals surface area (Å²) in [6, 6.07) is 9.05. The maximum Gasteiger partial charge on any atom is 0.267 e. The second-order valence-electron chi connectivity index (χ2n) is 11.0. The van der Waals surface area contributed by atoms with Crippen LogP contribution in [-0.4, -0.2) is 65.9 Å². The highest BCUT2D eigenvalue weighted by Crippen LogP contribution is 2.31. The SMILES string of the molecule is C[Si](C)(C)CCOCN1C(=O)CCC(N2Cc3c(C#CCCc4ccc(C(N)=O)nc4)cccc3C2=O)C1=O. The van der Waals surface area contributed by atoms with Gasteiger partial charge >= 0.3 is 0 Å². The normalized spacial score (nSPS) is 17.2. The molecule has 0 saturated carbocycles. The number of imide groups is 1. The average Bonchev–Trinajstić information content (AvgIpc) is 3.22. The van der Waals surface area contributed by atoms with Crippen LogP contribution in [0.1, 0.15) is 56.8 Å². The molecule has 10 heteroatoms. The van der Waals surface area contributed by atoms with Gasteiger partial charge in [-0.1, -0.05) is 43.6 Å². The third-order valence-corrected chi connectivity index (χ3v) is 8.62. The monoisotopic (exact) mass is 546 g/mol. The minimum absolute atomic E-state index is 0.0782. The molecule has 2 N–H and O–H groups in total. The number of hydrogen-bond donors (Lipinski definition) is 1. The molecule has 9 nitrogen and oxygen atoms in total. The Kier molecular flexibility index (Phi) is 8.62. The zero-order valence-electron chi connectivity index (χ0n) is 22.7. The smallest absolute Gasteiger partial charge is 0.267 e. The van der Waals surface area contributed by atoms with E-state index in [0.717, 1.165) is 27.6 Å². The molecular formula is C29H34N4O5Si. The van der Waals surface area contributed by atoms with Gasteiger partial charge in [0, 0.05) is 51.4 Å². The first kappa shape index (κ1) is 28.2. The molecule has 4 amide bonds. The molecule has 0 bridgehead atoms. The molecule has 0 aliphatic carbocycles. The predicted molar refractivity (Wildman–Crippen MR) is 148 cm³/mol. The van der Waals surface area contributed by atoms with E-state index >= 15 is 0 Å². The molecule has 1 aromatic carbocycles. The topological polar surface area (TPSA) is 123 Å². The van der Waals surface area contributed by atoms with E-state index in [4.69, 9.17) is 10.5 Å². The van der Waals surface area contributed by atoms with E-state index < -0.39 is 20.0 Å². The van der Waals surface area contributed by atoms with Gasteiger partial charge in [0.15, 0.2) is 0 Å². The van der Waals surface area contributed by atoms with Crippen LogP contribution in [0.15, 0.2) is 36.5 Å². The molecule has 0 radical (unpaired) electrons. The van der Waals surface area contributed by atoms with E-state index in [1.54, 1.807) is 35.4 Å². The van der Waals surface area contributed by atoms with Gasteiger partial charge in [-0.15, -0.1) is 0 Å². The van der Waals surface area contributed by atoms with Crippen LogP contribution in [0.2, 0.25) is 25.7 Å². The quantitative estimate of drug-likeness (QED) is 0.223. The van der Waals surface area contributed by atoms with Crippen molar-refractivity contribution in [2.75, 3.05) is 13.3 Å². The molecule has 39 heavy (non-hydrogen) atoms. The molecule has 1 aromatic heterocycles. The van der Waals surface area contributed by atoms with Gasteiger partial charge in [-0.2, -0.15) is 0 Å². The highest BCUT2D eigenvalue weighted by molar-refractivity contribution is 6.76. The van der Waals surface area contributed by atoms with Crippen LogP contribution in [0, 0.1) is 11.8 Å². The lowest BCUT2D eigenvalue weighted by Crippen LogP contribution is -2.55. The molecular weight excluding hydrogens is 512 g/mol. The van der Waals surface area contributed by atoms with E-state index in [1.165, 1.54) is 0 Å². The number of ether oxygens (including phenoxy) is 1. The number of aromatic nitrogens is 1. The number of hydrogen-bond acceptors (Lipinski definition) is 6. The summed E-state index contributed by atoms with van der Waals surface area (Å²) in [5.74, 6) is 4.89. The molecule has 3 heterocycles. The summed E-state index contributed by atoms with van der Waals surface area (Å²) in [5.41, 5.74) is 8.47. The summed E-state index contributed by atoms with van der Waals surface area (Å²) >= 11 is 0. The summed E-state index contributed by atoms with van der Waals surface area (Å²) < 4.78 is 5.68. The van der Waals surface area contributed by atoms with Crippen molar-refractivity contribution in [3.8, 4) is 11.8 Å². The Labute approximate surface area is 229 Å². The Morgan fingerprint density at radius 2 is 1.97 bits per heavy atom. The van der Waals surface area contributed by atoms with Crippen molar-refractivity contribution in [3.63, 3.8) is 0 Å². The number of amides is 4. The third-order valence-electron chi connectivity index (χ3n) is 6.91. The number of likely N-dealkylation sites (tertiary alicyclic amines) is 1. The Balaban J connectivity index is 1.40. The zero-order valence-corrected chi connectivity index (χ0v) is 23.7. The van der Waals surface area contributed by atoms with Crippen LogP contribution in [0.5, 0.6) is 0 Å².